The molecular weight excluding hydrogens is 462 g/mol. The second kappa shape index (κ2) is 9.09. The molecule has 6 nitrogen and oxygen atoms in total. The van der Waals surface area contributed by atoms with E-state index in [2.05, 4.69) is 34.1 Å². The molecule has 3 aliphatic heterocycles. The van der Waals surface area contributed by atoms with Crippen molar-refractivity contribution in [3.63, 3.8) is 0 Å². The second-order valence-electron chi connectivity index (χ2n) is 11.1. The molecule has 0 unspecified atom stereocenters. The van der Waals surface area contributed by atoms with Gasteiger partial charge < -0.3 is 14.4 Å². The third-order valence-corrected chi connectivity index (χ3v) is 9.48. The van der Waals surface area contributed by atoms with E-state index in [0.29, 0.717) is 24.8 Å². The van der Waals surface area contributed by atoms with Crippen LogP contribution in [0.1, 0.15) is 58.3 Å². The summed E-state index contributed by atoms with van der Waals surface area (Å²) in [6.45, 7) is 7.30. The maximum atomic E-state index is 14.0. The number of hydrogen-bond donors (Lipinski definition) is 0. The van der Waals surface area contributed by atoms with Crippen LogP contribution in [-0.2, 0) is 21.3 Å². The summed E-state index contributed by atoms with van der Waals surface area (Å²) < 4.78 is 11.4. The molecule has 3 heterocycles. The number of nitriles is 1. The Labute approximate surface area is 218 Å². The van der Waals surface area contributed by atoms with Crippen molar-refractivity contribution in [3.05, 3.63) is 69.8 Å². The van der Waals surface area contributed by atoms with Crippen molar-refractivity contribution in [2.24, 2.45) is 0 Å². The van der Waals surface area contributed by atoms with Gasteiger partial charge in [0.25, 0.3) is 0 Å². The summed E-state index contributed by atoms with van der Waals surface area (Å²) in [5, 5.41) is 9.45. The number of rotatable bonds is 2. The zero-order valence-corrected chi connectivity index (χ0v) is 21.3. The Morgan fingerprint density at radius 3 is 2.38 bits per heavy atom. The lowest BCUT2D eigenvalue weighted by Gasteiger charge is -2.44. The molecule has 37 heavy (non-hydrogen) atoms. The fraction of sp³-hybridized carbons (Fsp3) is 0.484. The lowest BCUT2D eigenvalue weighted by Crippen LogP contribution is -2.49. The molecule has 0 N–H and O–H groups in total. The summed E-state index contributed by atoms with van der Waals surface area (Å²) in [6.07, 6.45) is 4.88. The third-order valence-electron chi connectivity index (χ3n) is 9.48. The van der Waals surface area contributed by atoms with Crippen LogP contribution in [-0.4, -0.2) is 69.3 Å². The first-order chi connectivity index (χ1) is 18.2. The van der Waals surface area contributed by atoms with Crippen molar-refractivity contribution >= 4 is 17.0 Å². The predicted octanol–water partition coefficient (Wildman–Crippen LogP) is 4.11. The van der Waals surface area contributed by atoms with Gasteiger partial charge in [-0.05, 0) is 84.7 Å². The first kappa shape index (κ1) is 23.2. The molecule has 0 amide bonds. The van der Waals surface area contributed by atoms with Crippen LogP contribution in [0.4, 0.5) is 5.69 Å². The normalized spacial score (nSPS) is 23.5. The van der Waals surface area contributed by atoms with Crippen LogP contribution >= 0.6 is 0 Å². The predicted molar refractivity (Wildman–Crippen MR) is 142 cm³/mol. The standard InChI is InChI=1S/C31H33N3O3/c32-20-21-1-3-25-22(17-21)18-28-29(25)30(35)26-4-2-24(19-27(26)31(28)7-13-36-14-8-31)33-9-5-23(6-10-33)34-11-15-37-16-12-34/h1-4,17,19,23H,5-16,18H2. The molecule has 5 aliphatic rings. The number of ether oxygens (including phenoxy) is 2. The quantitative estimate of drug-likeness (QED) is 0.625. The Morgan fingerprint density at radius 1 is 0.892 bits per heavy atom. The number of Topliss-reactive ketones (excluding diaryl/α,β-unsaturated/α-hetero) is 1. The van der Waals surface area contributed by atoms with E-state index in [1.54, 1.807) is 0 Å². The molecular formula is C31H33N3O3. The van der Waals surface area contributed by atoms with Crippen molar-refractivity contribution < 1.29 is 14.3 Å². The van der Waals surface area contributed by atoms with Gasteiger partial charge in [0.05, 0.1) is 24.8 Å². The number of piperidine rings is 1. The molecule has 7 rings (SSSR count). The number of carbonyl (C=O) groups is 1. The number of ketones is 1. The Hall–Kier alpha value is -2.98. The first-order valence-corrected chi connectivity index (χ1v) is 13.8. The lowest BCUT2D eigenvalue weighted by atomic mass is 9.62. The van der Waals surface area contributed by atoms with Crippen molar-refractivity contribution in [1.29, 1.82) is 5.26 Å². The second-order valence-corrected chi connectivity index (χ2v) is 11.1. The fourth-order valence-corrected chi connectivity index (χ4v) is 7.51. The zero-order valence-electron chi connectivity index (χ0n) is 21.3. The van der Waals surface area contributed by atoms with Crippen LogP contribution in [0.25, 0.3) is 5.57 Å². The molecule has 2 aliphatic carbocycles. The van der Waals surface area contributed by atoms with E-state index in [9.17, 15) is 10.1 Å². The van der Waals surface area contributed by atoms with E-state index in [-0.39, 0.29) is 11.2 Å². The van der Waals surface area contributed by atoms with Crippen LogP contribution in [0, 0.1) is 11.3 Å². The van der Waals surface area contributed by atoms with E-state index in [1.165, 1.54) is 29.7 Å². The average molecular weight is 496 g/mol. The molecule has 0 radical (unpaired) electrons. The minimum atomic E-state index is -0.176. The van der Waals surface area contributed by atoms with E-state index in [0.717, 1.165) is 80.9 Å². The van der Waals surface area contributed by atoms with Crippen LogP contribution < -0.4 is 4.90 Å². The summed E-state index contributed by atoms with van der Waals surface area (Å²) in [4.78, 5) is 19.1. The number of anilines is 1. The number of fused-ring (bicyclic) bond motifs is 5. The number of morpholine rings is 1. The van der Waals surface area contributed by atoms with Crippen LogP contribution in [0.5, 0.6) is 0 Å². The summed E-state index contributed by atoms with van der Waals surface area (Å²) in [5.74, 6) is 0.142. The molecule has 190 valence electrons. The van der Waals surface area contributed by atoms with Gasteiger partial charge in [-0.3, -0.25) is 9.69 Å². The van der Waals surface area contributed by atoms with E-state index < -0.39 is 0 Å². The average Bonchev–Trinajstić information content (AvgIpc) is 3.37. The molecule has 0 aromatic heterocycles. The molecule has 2 aromatic rings. The van der Waals surface area contributed by atoms with Crippen LogP contribution in [0.2, 0.25) is 0 Å². The highest BCUT2D eigenvalue weighted by molar-refractivity contribution is 6.33. The van der Waals surface area contributed by atoms with Gasteiger partial charge >= 0.3 is 0 Å². The van der Waals surface area contributed by atoms with Crippen molar-refractivity contribution in [2.75, 3.05) is 57.5 Å². The molecule has 1 spiro atoms. The van der Waals surface area contributed by atoms with Crippen molar-refractivity contribution in [2.45, 2.75) is 43.6 Å². The number of nitrogens with zero attached hydrogens (tertiary/aromatic N) is 3. The molecule has 3 saturated heterocycles. The molecule has 6 heteroatoms. The van der Waals surface area contributed by atoms with Gasteiger partial charge in [0, 0.05) is 67.7 Å². The van der Waals surface area contributed by atoms with E-state index in [4.69, 9.17) is 9.47 Å². The van der Waals surface area contributed by atoms with Crippen molar-refractivity contribution in [3.8, 4) is 6.07 Å². The molecule has 0 atom stereocenters. The highest BCUT2D eigenvalue weighted by Crippen LogP contribution is 2.54. The zero-order chi connectivity index (χ0) is 25.0. The number of carbonyl (C=O) groups excluding carboxylic acids is 1. The summed E-state index contributed by atoms with van der Waals surface area (Å²) in [5.41, 5.74) is 8.04. The van der Waals surface area contributed by atoms with Gasteiger partial charge in [-0.25, -0.2) is 0 Å². The van der Waals surface area contributed by atoms with Gasteiger partial charge in [-0.2, -0.15) is 5.26 Å². The molecule has 0 bridgehead atoms. The molecule has 2 aromatic carbocycles. The largest absolute Gasteiger partial charge is 0.381 e. The summed E-state index contributed by atoms with van der Waals surface area (Å²) in [6, 6.07) is 15.3. The fourth-order valence-electron chi connectivity index (χ4n) is 7.51. The lowest BCUT2D eigenvalue weighted by molar-refractivity contribution is 0.0115. The Morgan fingerprint density at radius 2 is 1.62 bits per heavy atom. The smallest absolute Gasteiger partial charge is 0.193 e. The van der Waals surface area contributed by atoms with Gasteiger partial charge in [0.15, 0.2) is 5.78 Å². The van der Waals surface area contributed by atoms with E-state index in [1.807, 2.05) is 18.2 Å². The Bertz CT molecular complexity index is 1320. The van der Waals surface area contributed by atoms with Gasteiger partial charge in [0.1, 0.15) is 0 Å². The molecule has 0 saturated carbocycles. The highest BCUT2D eigenvalue weighted by Gasteiger charge is 2.49. The topological polar surface area (TPSA) is 65.8 Å². The van der Waals surface area contributed by atoms with Crippen LogP contribution in [0.15, 0.2) is 42.0 Å². The summed E-state index contributed by atoms with van der Waals surface area (Å²) >= 11 is 0. The maximum Gasteiger partial charge on any atom is 0.193 e. The number of allylic oxidation sites excluding steroid dienone is 2. The Balaban J connectivity index is 1.22. The van der Waals surface area contributed by atoms with Gasteiger partial charge in [-0.15, -0.1) is 0 Å². The van der Waals surface area contributed by atoms with Gasteiger partial charge in [-0.1, -0.05) is 6.07 Å². The Kier molecular flexibility index (Phi) is 5.69. The highest BCUT2D eigenvalue weighted by atomic mass is 16.5. The SMILES string of the molecule is N#Cc1ccc2c(c1)CC1=C2C(=O)c2ccc(N3CCC(N4CCOCC4)CC3)cc2C12CCOCC2. The van der Waals surface area contributed by atoms with Crippen molar-refractivity contribution in [1.82, 2.24) is 4.90 Å². The van der Waals surface area contributed by atoms with E-state index >= 15 is 0 Å². The minimum Gasteiger partial charge on any atom is -0.381 e. The van der Waals surface area contributed by atoms with Crippen LogP contribution in [0.3, 0.4) is 0 Å². The van der Waals surface area contributed by atoms with Gasteiger partial charge in [0.2, 0.25) is 0 Å². The number of hydrogen-bond acceptors (Lipinski definition) is 6. The first-order valence-electron chi connectivity index (χ1n) is 13.8. The minimum absolute atomic E-state index is 0.142. The maximum absolute atomic E-state index is 14.0. The molecule has 3 fully saturated rings. The third kappa shape index (κ3) is 3.67. The summed E-state index contributed by atoms with van der Waals surface area (Å²) in [7, 11) is 0. The number of benzene rings is 2. The monoisotopic (exact) mass is 495 g/mol.